The molecule has 0 radical (unpaired) electrons. The molecule has 3 unspecified atom stereocenters. The van der Waals surface area contributed by atoms with E-state index in [1.165, 1.54) is 6.07 Å². The number of carboxylic acid groups (broad SMARTS) is 1. The van der Waals surface area contributed by atoms with Gasteiger partial charge in [0, 0.05) is 5.92 Å². The monoisotopic (exact) mass is 400 g/mol. The molecule has 0 aliphatic heterocycles. The van der Waals surface area contributed by atoms with Crippen LogP contribution in [0.4, 0.5) is 22.0 Å². The highest BCUT2D eigenvalue weighted by atomic mass is 19.4. The molecule has 0 spiro atoms. The average molecular weight is 400 g/mol. The summed E-state index contributed by atoms with van der Waals surface area (Å²) in [6.07, 6.45) is -4.16. The molecule has 0 heterocycles. The van der Waals surface area contributed by atoms with Crippen molar-refractivity contribution in [3.8, 4) is 17.2 Å². The first-order valence-electron chi connectivity index (χ1n) is 8.34. The lowest BCUT2D eigenvalue weighted by atomic mass is 10.0. The third-order valence-corrected chi connectivity index (χ3v) is 5.10. The van der Waals surface area contributed by atoms with Gasteiger partial charge in [-0.25, -0.2) is 0 Å². The van der Waals surface area contributed by atoms with E-state index >= 15 is 0 Å². The van der Waals surface area contributed by atoms with Gasteiger partial charge in [-0.15, -0.1) is 0 Å². The second-order valence-corrected chi connectivity index (χ2v) is 6.76. The molecule has 2 aromatic carbocycles. The Kier molecular flexibility index (Phi) is 4.20. The van der Waals surface area contributed by atoms with Gasteiger partial charge in [0.2, 0.25) is 0 Å². The predicted octanol–water partition coefficient (Wildman–Crippen LogP) is 5.07. The Morgan fingerprint density at radius 3 is 2.50 bits per heavy atom. The normalized spacial score (nSPS) is 22.6. The van der Waals surface area contributed by atoms with Crippen molar-refractivity contribution >= 4 is 5.97 Å². The topological polar surface area (TPSA) is 55.8 Å². The highest BCUT2D eigenvalue weighted by molar-refractivity contribution is 5.78. The fourth-order valence-corrected chi connectivity index (χ4v) is 3.87. The van der Waals surface area contributed by atoms with E-state index in [4.69, 9.17) is 9.84 Å². The molecule has 0 amide bonds. The molecule has 0 bridgehead atoms. The molecule has 4 nitrogen and oxygen atoms in total. The van der Waals surface area contributed by atoms with Crippen molar-refractivity contribution in [2.24, 2.45) is 11.8 Å². The van der Waals surface area contributed by atoms with Crippen LogP contribution in [0.3, 0.4) is 0 Å². The van der Waals surface area contributed by atoms with Gasteiger partial charge in [0.15, 0.2) is 11.5 Å². The van der Waals surface area contributed by atoms with Crippen LogP contribution in [0.1, 0.15) is 22.6 Å². The van der Waals surface area contributed by atoms with Crippen molar-refractivity contribution in [2.75, 3.05) is 0 Å². The summed E-state index contributed by atoms with van der Waals surface area (Å²) >= 11 is 0. The van der Waals surface area contributed by atoms with E-state index in [1.807, 2.05) is 0 Å². The van der Waals surface area contributed by atoms with Crippen LogP contribution < -0.4 is 9.47 Å². The van der Waals surface area contributed by atoms with Crippen molar-refractivity contribution in [2.45, 2.75) is 25.1 Å². The van der Waals surface area contributed by atoms with E-state index in [9.17, 15) is 26.7 Å². The van der Waals surface area contributed by atoms with Crippen molar-refractivity contribution in [3.63, 3.8) is 0 Å². The summed E-state index contributed by atoms with van der Waals surface area (Å²) in [5, 5.41) is 9.14. The first kappa shape index (κ1) is 18.5. The van der Waals surface area contributed by atoms with Gasteiger partial charge >= 0.3 is 18.8 Å². The Morgan fingerprint density at radius 2 is 1.86 bits per heavy atom. The van der Waals surface area contributed by atoms with Crippen molar-refractivity contribution in [1.29, 1.82) is 0 Å². The lowest BCUT2D eigenvalue weighted by Crippen LogP contribution is -2.08. The summed E-state index contributed by atoms with van der Waals surface area (Å²) in [6.45, 7) is -3.31. The van der Waals surface area contributed by atoms with Crippen molar-refractivity contribution < 1.29 is 41.3 Å². The van der Waals surface area contributed by atoms with Crippen LogP contribution >= 0.6 is 0 Å². The van der Waals surface area contributed by atoms with E-state index in [2.05, 4.69) is 4.74 Å². The second kappa shape index (κ2) is 6.35. The zero-order valence-electron chi connectivity index (χ0n) is 14.0. The summed E-state index contributed by atoms with van der Waals surface area (Å²) in [5.74, 6) is -1.98. The van der Waals surface area contributed by atoms with Gasteiger partial charge in [-0.1, -0.05) is 6.07 Å². The van der Waals surface area contributed by atoms with Crippen LogP contribution in [0.25, 0.3) is 0 Å². The Balaban J connectivity index is 1.59. The van der Waals surface area contributed by atoms with Crippen LogP contribution in [0.15, 0.2) is 36.4 Å². The maximum Gasteiger partial charge on any atom is 0.416 e. The standard InChI is InChI=1S/C19H13F5O4/c20-18(21)28-14-7-9(19(22,23)24)1-4-13(14)27-10-2-3-11-8(5-10)6-12-15(11)16(12)17(25)26/h1-5,7,12,15-16,18H,6H2,(H,25,26). The Labute approximate surface area is 155 Å². The Bertz CT molecular complexity index is 940. The first-order valence-corrected chi connectivity index (χ1v) is 8.34. The predicted molar refractivity (Wildman–Crippen MR) is 85.7 cm³/mol. The van der Waals surface area contributed by atoms with Crippen LogP contribution in [-0.2, 0) is 17.4 Å². The van der Waals surface area contributed by atoms with Crippen LogP contribution in [0.2, 0.25) is 0 Å². The fraction of sp³-hybridized carbons (Fsp3) is 0.316. The number of carboxylic acids is 1. The number of ether oxygens (including phenoxy) is 2. The molecule has 0 aromatic heterocycles. The molecule has 28 heavy (non-hydrogen) atoms. The number of halogens is 5. The lowest BCUT2D eigenvalue weighted by Gasteiger charge is -2.15. The van der Waals surface area contributed by atoms with Gasteiger partial charge in [-0.3, -0.25) is 4.79 Å². The van der Waals surface area contributed by atoms with Gasteiger partial charge < -0.3 is 14.6 Å². The second-order valence-electron chi connectivity index (χ2n) is 6.76. The van der Waals surface area contributed by atoms with E-state index in [0.717, 1.165) is 17.2 Å². The molecule has 9 heteroatoms. The molecule has 2 aliphatic rings. The smallest absolute Gasteiger partial charge is 0.416 e. The molecule has 4 rings (SSSR count). The van der Waals surface area contributed by atoms with Gasteiger partial charge in [0.25, 0.3) is 0 Å². The molecular weight excluding hydrogens is 387 g/mol. The highest BCUT2D eigenvalue weighted by Gasteiger charge is 2.59. The summed E-state index contributed by atoms with van der Waals surface area (Å²) in [6, 6.07) is 6.98. The number of fused-ring (bicyclic) bond motifs is 3. The van der Waals surface area contributed by atoms with E-state index < -0.39 is 30.1 Å². The molecule has 1 fully saturated rings. The number of carbonyl (C=O) groups is 1. The van der Waals surface area contributed by atoms with E-state index in [0.29, 0.717) is 18.6 Å². The number of benzene rings is 2. The minimum atomic E-state index is -4.71. The van der Waals surface area contributed by atoms with Gasteiger partial charge in [-0.2, -0.15) is 22.0 Å². The SMILES string of the molecule is O=C(O)C1C2Cc3cc(Oc4ccc(C(F)(F)F)cc4OC(F)F)ccc3C21. The summed E-state index contributed by atoms with van der Waals surface area (Å²) in [5.41, 5.74) is 0.652. The molecular formula is C19H13F5O4. The van der Waals surface area contributed by atoms with Crippen LogP contribution in [0, 0.1) is 11.8 Å². The third kappa shape index (κ3) is 3.25. The van der Waals surface area contributed by atoms with Crippen LogP contribution in [0.5, 0.6) is 17.2 Å². The summed E-state index contributed by atoms with van der Waals surface area (Å²) < 4.78 is 73.3. The molecule has 2 aromatic rings. The van der Waals surface area contributed by atoms with Crippen LogP contribution in [-0.4, -0.2) is 17.7 Å². The maximum absolute atomic E-state index is 12.8. The lowest BCUT2D eigenvalue weighted by molar-refractivity contribution is -0.139. The molecule has 0 saturated heterocycles. The summed E-state index contributed by atoms with van der Waals surface area (Å²) in [4.78, 5) is 11.1. The number of alkyl halides is 5. The zero-order valence-corrected chi connectivity index (χ0v) is 14.0. The van der Waals surface area contributed by atoms with Crippen molar-refractivity contribution in [3.05, 3.63) is 53.1 Å². The Morgan fingerprint density at radius 1 is 1.11 bits per heavy atom. The van der Waals surface area contributed by atoms with Crippen molar-refractivity contribution in [1.82, 2.24) is 0 Å². The molecule has 2 aliphatic carbocycles. The fourth-order valence-electron chi connectivity index (χ4n) is 3.87. The quantitative estimate of drug-likeness (QED) is 0.712. The highest BCUT2D eigenvalue weighted by Crippen LogP contribution is 2.61. The van der Waals surface area contributed by atoms with Gasteiger partial charge in [0.1, 0.15) is 5.75 Å². The zero-order chi connectivity index (χ0) is 20.2. The molecule has 148 valence electrons. The number of aliphatic carboxylic acids is 1. The minimum Gasteiger partial charge on any atom is -0.481 e. The average Bonchev–Trinajstić information content (AvgIpc) is 3.18. The van der Waals surface area contributed by atoms with E-state index in [-0.39, 0.29) is 29.3 Å². The maximum atomic E-state index is 12.8. The molecule has 1 saturated carbocycles. The molecule has 3 atom stereocenters. The number of rotatable bonds is 5. The minimum absolute atomic E-state index is 0.0338. The number of hydrogen-bond acceptors (Lipinski definition) is 3. The van der Waals surface area contributed by atoms with Gasteiger partial charge in [-0.05, 0) is 53.8 Å². The summed E-state index contributed by atoms with van der Waals surface area (Å²) in [7, 11) is 0. The third-order valence-electron chi connectivity index (χ3n) is 5.10. The number of hydrogen-bond donors (Lipinski definition) is 1. The molecule has 1 N–H and O–H groups in total. The van der Waals surface area contributed by atoms with Gasteiger partial charge in [0.05, 0.1) is 11.5 Å². The first-order chi connectivity index (χ1) is 13.1. The Hall–Kier alpha value is -2.84. The van der Waals surface area contributed by atoms with E-state index in [1.54, 1.807) is 12.1 Å². The largest absolute Gasteiger partial charge is 0.481 e.